The molecule has 196 valence electrons. The highest BCUT2D eigenvalue weighted by Crippen LogP contribution is 2.30. The molecule has 1 heterocycles. The van der Waals surface area contributed by atoms with Crippen molar-refractivity contribution in [3.05, 3.63) is 77.7 Å². The third kappa shape index (κ3) is 6.64. The predicted octanol–water partition coefficient (Wildman–Crippen LogP) is 6.21. The summed E-state index contributed by atoms with van der Waals surface area (Å²) < 4.78 is 15.8. The fourth-order valence-electron chi connectivity index (χ4n) is 3.51. The number of methoxy groups -OCH3 is 3. The maximum absolute atomic E-state index is 12.8. The fourth-order valence-corrected chi connectivity index (χ4v) is 5.10. The summed E-state index contributed by atoms with van der Waals surface area (Å²) >= 11 is 2.79. The van der Waals surface area contributed by atoms with Crippen molar-refractivity contribution in [1.29, 1.82) is 0 Å². The molecule has 1 unspecified atom stereocenters. The molecule has 0 spiro atoms. The zero-order valence-corrected chi connectivity index (χ0v) is 22.9. The molecule has 0 aliphatic heterocycles. The molecule has 2 N–H and O–H groups in total. The minimum absolute atomic E-state index is 0.146. The minimum atomic E-state index is -0.355. The second-order valence-electron chi connectivity index (χ2n) is 8.07. The highest BCUT2D eigenvalue weighted by molar-refractivity contribution is 8.00. The Morgan fingerprint density at radius 3 is 2.37 bits per heavy atom. The van der Waals surface area contributed by atoms with E-state index in [1.165, 1.54) is 30.2 Å². The van der Waals surface area contributed by atoms with Gasteiger partial charge >= 0.3 is 0 Å². The molecule has 8 nitrogen and oxygen atoms in total. The van der Waals surface area contributed by atoms with Crippen molar-refractivity contribution < 1.29 is 23.8 Å². The Kier molecular flexibility index (Phi) is 8.88. The summed E-state index contributed by atoms with van der Waals surface area (Å²) in [7, 11) is 4.68. The molecule has 4 rings (SSSR count). The average Bonchev–Trinajstić information content (AvgIpc) is 3.42. The minimum Gasteiger partial charge on any atom is -0.497 e. The second-order valence-corrected chi connectivity index (χ2v) is 10.3. The largest absolute Gasteiger partial charge is 0.497 e. The molecule has 38 heavy (non-hydrogen) atoms. The molecule has 0 saturated heterocycles. The summed E-state index contributed by atoms with van der Waals surface area (Å²) in [6, 6.07) is 19.9. The number of carbonyl (C=O) groups is 2. The molecule has 4 aromatic rings. The first-order chi connectivity index (χ1) is 18.4. The molecular weight excluding hydrogens is 522 g/mol. The van der Waals surface area contributed by atoms with Crippen LogP contribution < -0.4 is 24.8 Å². The normalized spacial score (nSPS) is 11.4. The van der Waals surface area contributed by atoms with Crippen molar-refractivity contribution in [2.24, 2.45) is 0 Å². The number of thioether (sulfide) groups is 1. The van der Waals surface area contributed by atoms with E-state index in [-0.39, 0.29) is 17.1 Å². The Hall–Kier alpha value is -4.02. The Balaban J connectivity index is 1.32. The number of nitrogens with zero attached hydrogens (tertiary/aromatic N) is 1. The zero-order chi connectivity index (χ0) is 27.1. The van der Waals surface area contributed by atoms with Crippen molar-refractivity contribution in [2.75, 3.05) is 32.0 Å². The highest BCUT2D eigenvalue weighted by Gasteiger charge is 2.17. The first kappa shape index (κ1) is 27.0. The van der Waals surface area contributed by atoms with Gasteiger partial charge in [-0.1, -0.05) is 12.1 Å². The maximum atomic E-state index is 12.8. The molecule has 0 aliphatic carbocycles. The molecule has 2 amide bonds. The average molecular weight is 550 g/mol. The van der Waals surface area contributed by atoms with Gasteiger partial charge < -0.3 is 24.8 Å². The number of hydrogen-bond acceptors (Lipinski definition) is 8. The quantitative estimate of drug-likeness (QED) is 0.227. The molecule has 0 aliphatic rings. The van der Waals surface area contributed by atoms with Crippen molar-refractivity contribution in [3.63, 3.8) is 0 Å². The number of aromatic nitrogens is 1. The number of anilines is 2. The van der Waals surface area contributed by atoms with Gasteiger partial charge in [0, 0.05) is 27.1 Å². The summed E-state index contributed by atoms with van der Waals surface area (Å²) in [6.07, 6.45) is 0. The summed E-state index contributed by atoms with van der Waals surface area (Å²) in [5.41, 5.74) is 2.78. The van der Waals surface area contributed by atoms with E-state index in [1.54, 1.807) is 44.6 Å². The summed E-state index contributed by atoms with van der Waals surface area (Å²) in [6.45, 7) is 1.84. The monoisotopic (exact) mass is 549 g/mol. The lowest BCUT2D eigenvalue weighted by atomic mass is 10.2. The topological polar surface area (TPSA) is 98.8 Å². The molecule has 0 fully saturated rings. The number of hydrogen-bond donors (Lipinski definition) is 2. The molecule has 0 bridgehead atoms. The van der Waals surface area contributed by atoms with Crippen LogP contribution in [0.15, 0.2) is 77.0 Å². The Morgan fingerprint density at radius 1 is 0.895 bits per heavy atom. The van der Waals surface area contributed by atoms with E-state index in [0.717, 1.165) is 21.9 Å². The first-order valence-corrected chi connectivity index (χ1v) is 13.4. The SMILES string of the molecule is COc1cccc(-c2csc(NC(=O)C(C)Sc3ccc(NC(=O)c4ccc(OC)c(OC)c4)cc3)n2)c1. The van der Waals surface area contributed by atoms with E-state index in [2.05, 4.69) is 15.6 Å². The number of carbonyl (C=O) groups excluding carboxylic acids is 2. The number of amides is 2. The van der Waals surface area contributed by atoms with Gasteiger partial charge in [-0.2, -0.15) is 0 Å². The van der Waals surface area contributed by atoms with E-state index < -0.39 is 0 Å². The van der Waals surface area contributed by atoms with Gasteiger partial charge in [-0.15, -0.1) is 23.1 Å². The lowest BCUT2D eigenvalue weighted by Gasteiger charge is -2.12. The van der Waals surface area contributed by atoms with Gasteiger partial charge in [-0.05, 0) is 61.5 Å². The van der Waals surface area contributed by atoms with Crippen LogP contribution in [0.3, 0.4) is 0 Å². The van der Waals surface area contributed by atoms with E-state index in [4.69, 9.17) is 14.2 Å². The van der Waals surface area contributed by atoms with Gasteiger partial charge in [0.15, 0.2) is 16.6 Å². The van der Waals surface area contributed by atoms with E-state index in [1.807, 2.05) is 48.7 Å². The number of rotatable bonds is 10. The van der Waals surface area contributed by atoms with Crippen LogP contribution in [0.5, 0.6) is 17.2 Å². The molecule has 1 aromatic heterocycles. The van der Waals surface area contributed by atoms with Gasteiger partial charge in [0.1, 0.15) is 5.75 Å². The lowest BCUT2D eigenvalue weighted by Crippen LogP contribution is -2.22. The third-order valence-corrected chi connectivity index (χ3v) is 7.41. The summed E-state index contributed by atoms with van der Waals surface area (Å²) in [5, 5.41) is 7.84. The van der Waals surface area contributed by atoms with Gasteiger partial charge in [-0.25, -0.2) is 4.98 Å². The Labute approximate surface area is 229 Å². The molecule has 0 radical (unpaired) electrons. The fraction of sp³-hybridized carbons (Fsp3) is 0.179. The van der Waals surface area contributed by atoms with E-state index in [0.29, 0.717) is 27.9 Å². The Morgan fingerprint density at radius 2 is 1.66 bits per heavy atom. The van der Waals surface area contributed by atoms with E-state index >= 15 is 0 Å². The van der Waals surface area contributed by atoms with Crippen molar-refractivity contribution in [1.82, 2.24) is 4.98 Å². The number of nitrogens with one attached hydrogen (secondary N) is 2. The van der Waals surface area contributed by atoms with Crippen LogP contribution in [0.4, 0.5) is 10.8 Å². The highest BCUT2D eigenvalue weighted by atomic mass is 32.2. The van der Waals surface area contributed by atoms with E-state index in [9.17, 15) is 9.59 Å². The summed E-state index contributed by atoms with van der Waals surface area (Å²) in [4.78, 5) is 30.9. The number of thiazole rings is 1. The van der Waals surface area contributed by atoms with Gasteiger partial charge in [0.05, 0.1) is 32.3 Å². The van der Waals surface area contributed by atoms with Crippen molar-refractivity contribution >= 4 is 45.7 Å². The van der Waals surface area contributed by atoms with Crippen LogP contribution in [0.1, 0.15) is 17.3 Å². The van der Waals surface area contributed by atoms with Gasteiger partial charge in [0.25, 0.3) is 5.91 Å². The second kappa shape index (κ2) is 12.5. The molecular formula is C28H27N3O5S2. The number of ether oxygens (including phenoxy) is 3. The predicted molar refractivity (Wildman–Crippen MR) is 152 cm³/mol. The van der Waals surface area contributed by atoms with Crippen molar-refractivity contribution in [3.8, 4) is 28.5 Å². The van der Waals surface area contributed by atoms with Crippen molar-refractivity contribution in [2.45, 2.75) is 17.1 Å². The lowest BCUT2D eigenvalue weighted by molar-refractivity contribution is -0.115. The van der Waals surface area contributed by atoms with Crippen LogP contribution in [0.25, 0.3) is 11.3 Å². The summed E-state index contributed by atoms with van der Waals surface area (Å²) in [5.74, 6) is 1.37. The molecule has 3 aromatic carbocycles. The van der Waals surface area contributed by atoms with Crippen LogP contribution in [-0.4, -0.2) is 43.4 Å². The van der Waals surface area contributed by atoms with Gasteiger partial charge in [-0.3, -0.25) is 9.59 Å². The number of benzene rings is 3. The molecule has 0 saturated carbocycles. The van der Waals surface area contributed by atoms with Gasteiger partial charge in [0.2, 0.25) is 5.91 Å². The smallest absolute Gasteiger partial charge is 0.255 e. The molecule has 1 atom stereocenters. The first-order valence-electron chi connectivity index (χ1n) is 11.6. The van der Waals surface area contributed by atoms with Crippen LogP contribution >= 0.6 is 23.1 Å². The Bertz CT molecular complexity index is 1420. The maximum Gasteiger partial charge on any atom is 0.255 e. The van der Waals surface area contributed by atoms with Crippen LogP contribution in [-0.2, 0) is 4.79 Å². The standard InChI is InChI=1S/C28H27N3O5S2/c1-17(26(32)31-28-30-23(16-37-28)18-6-5-7-21(14-18)34-2)38-22-11-9-20(10-12-22)29-27(33)19-8-13-24(35-3)25(15-19)36-4/h5-17H,1-4H3,(H,29,33)(H,30,31,32). The van der Waals surface area contributed by atoms with Crippen LogP contribution in [0.2, 0.25) is 0 Å². The molecule has 10 heteroatoms. The zero-order valence-electron chi connectivity index (χ0n) is 21.3. The van der Waals surface area contributed by atoms with Crippen LogP contribution in [0, 0.1) is 0 Å². The third-order valence-electron chi connectivity index (χ3n) is 5.54.